The molecule has 0 saturated carbocycles. The van der Waals surface area contributed by atoms with Crippen LogP contribution in [0.4, 0.5) is 4.39 Å². The minimum absolute atomic E-state index is 0.162. The highest BCUT2D eigenvalue weighted by Crippen LogP contribution is 2.29. The molecule has 0 aliphatic rings. The average Bonchev–Trinajstić information content (AvgIpc) is 2.06. The van der Waals surface area contributed by atoms with Crippen LogP contribution in [0.15, 0.2) is 24.3 Å². The molecule has 1 aromatic carbocycles. The third-order valence-electron chi connectivity index (χ3n) is 2.43. The summed E-state index contributed by atoms with van der Waals surface area (Å²) in [6, 6.07) is 6.80. The molecule has 0 fully saturated rings. The predicted octanol–water partition coefficient (Wildman–Crippen LogP) is 4.57. The van der Waals surface area contributed by atoms with Gasteiger partial charge in [-0.25, -0.2) is 4.39 Å². The van der Waals surface area contributed by atoms with Gasteiger partial charge in [0.2, 0.25) is 0 Å². The fraction of sp³-hybridized carbons (Fsp3) is 0.538. The van der Waals surface area contributed by atoms with Gasteiger partial charge in [0.05, 0.1) is 0 Å². The lowest BCUT2D eigenvalue weighted by Crippen LogP contribution is -2.18. The van der Waals surface area contributed by atoms with Crippen LogP contribution in [0.5, 0.6) is 0 Å². The van der Waals surface area contributed by atoms with E-state index in [-0.39, 0.29) is 11.2 Å². The molecular formula is C13H18BrF. The third kappa shape index (κ3) is 4.78. The van der Waals surface area contributed by atoms with Gasteiger partial charge in [0.15, 0.2) is 0 Å². The summed E-state index contributed by atoms with van der Waals surface area (Å²) in [5, 5.41) is 0. The van der Waals surface area contributed by atoms with E-state index in [1.807, 2.05) is 12.1 Å². The predicted molar refractivity (Wildman–Crippen MR) is 66.9 cm³/mol. The van der Waals surface area contributed by atoms with Crippen molar-refractivity contribution in [1.29, 1.82) is 0 Å². The molecule has 0 aliphatic heterocycles. The molecule has 15 heavy (non-hydrogen) atoms. The standard InChI is InChI=1S/C13H18BrF/c1-10(14)8-13(2,3)9-11-4-6-12(15)7-5-11/h4-7,10H,8-9H2,1-3H3. The van der Waals surface area contributed by atoms with E-state index in [0.717, 1.165) is 12.8 Å². The number of halogens is 2. The fourth-order valence-electron chi connectivity index (χ4n) is 1.99. The first-order valence-electron chi connectivity index (χ1n) is 5.27. The van der Waals surface area contributed by atoms with E-state index in [1.165, 1.54) is 17.7 Å². The molecule has 84 valence electrons. The second-order valence-electron chi connectivity index (χ2n) is 4.95. The molecule has 0 aromatic heterocycles. The Balaban J connectivity index is 2.64. The van der Waals surface area contributed by atoms with Crippen LogP contribution in [0.25, 0.3) is 0 Å². The molecule has 1 atom stereocenters. The summed E-state index contributed by atoms with van der Waals surface area (Å²) in [5.41, 5.74) is 1.45. The Bertz CT molecular complexity index is 301. The molecule has 0 aliphatic carbocycles. The first-order valence-corrected chi connectivity index (χ1v) is 6.19. The zero-order chi connectivity index (χ0) is 11.5. The summed E-state index contributed by atoms with van der Waals surface area (Å²) >= 11 is 3.58. The molecule has 0 nitrogen and oxygen atoms in total. The molecule has 0 saturated heterocycles. The Labute approximate surface area is 100 Å². The van der Waals surface area contributed by atoms with Crippen molar-refractivity contribution in [3.8, 4) is 0 Å². The molecule has 0 bridgehead atoms. The number of hydrogen-bond acceptors (Lipinski definition) is 0. The quantitative estimate of drug-likeness (QED) is 0.705. The molecule has 0 spiro atoms. The monoisotopic (exact) mass is 272 g/mol. The van der Waals surface area contributed by atoms with Gasteiger partial charge in [-0.2, -0.15) is 0 Å². The topological polar surface area (TPSA) is 0 Å². The van der Waals surface area contributed by atoms with Crippen molar-refractivity contribution in [2.45, 2.75) is 38.4 Å². The number of alkyl halides is 1. The van der Waals surface area contributed by atoms with Crippen molar-refractivity contribution in [3.63, 3.8) is 0 Å². The number of rotatable bonds is 4. The van der Waals surface area contributed by atoms with E-state index >= 15 is 0 Å². The molecule has 1 aromatic rings. The van der Waals surface area contributed by atoms with Crippen LogP contribution in [0.3, 0.4) is 0 Å². The molecule has 1 unspecified atom stereocenters. The van der Waals surface area contributed by atoms with Crippen molar-refractivity contribution in [1.82, 2.24) is 0 Å². The SMILES string of the molecule is CC(Br)CC(C)(C)Cc1ccc(F)cc1. The van der Waals surface area contributed by atoms with Crippen LogP contribution in [0, 0.1) is 11.2 Å². The van der Waals surface area contributed by atoms with Gasteiger partial charge < -0.3 is 0 Å². The zero-order valence-corrected chi connectivity index (χ0v) is 11.1. The normalized spacial score (nSPS) is 13.9. The summed E-state index contributed by atoms with van der Waals surface area (Å²) in [4.78, 5) is 0.521. The zero-order valence-electron chi connectivity index (χ0n) is 9.56. The number of hydrogen-bond donors (Lipinski definition) is 0. The summed E-state index contributed by atoms with van der Waals surface area (Å²) < 4.78 is 12.7. The van der Waals surface area contributed by atoms with Gasteiger partial charge in [0, 0.05) is 4.83 Å². The third-order valence-corrected chi connectivity index (χ3v) is 2.75. The Kier molecular flexibility index (Phi) is 4.32. The Morgan fingerprint density at radius 2 is 1.80 bits per heavy atom. The van der Waals surface area contributed by atoms with Gasteiger partial charge in [0.1, 0.15) is 5.82 Å². The highest BCUT2D eigenvalue weighted by Gasteiger charge is 2.20. The number of benzene rings is 1. The first-order chi connectivity index (χ1) is 6.89. The molecular weight excluding hydrogens is 255 g/mol. The summed E-state index contributed by atoms with van der Waals surface area (Å²) in [7, 11) is 0. The van der Waals surface area contributed by atoms with E-state index < -0.39 is 0 Å². The van der Waals surface area contributed by atoms with Crippen LogP contribution < -0.4 is 0 Å². The van der Waals surface area contributed by atoms with Gasteiger partial charge in [-0.1, -0.05) is 48.8 Å². The molecule has 2 heteroatoms. The Morgan fingerprint density at radius 1 is 1.27 bits per heavy atom. The second-order valence-corrected chi connectivity index (χ2v) is 6.52. The minimum atomic E-state index is -0.162. The van der Waals surface area contributed by atoms with E-state index in [9.17, 15) is 4.39 Å². The summed E-state index contributed by atoms with van der Waals surface area (Å²) in [5.74, 6) is -0.162. The van der Waals surface area contributed by atoms with Crippen LogP contribution in [-0.4, -0.2) is 4.83 Å². The van der Waals surface area contributed by atoms with Crippen molar-refractivity contribution >= 4 is 15.9 Å². The molecule has 1 rings (SSSR count). The van der Waals surface area contributed by atoms with Gasteiger partial charge in [-0.3, -0.25) is 0 Å². The van der Waals surface area contributed by atoms with E-state index in [2.05, 4.69) is 36.7 Å². The highest BCUT2D eigenvalue weighted by atomic mass is 79.9. The highest BCUT2D eigenvalue weighted by molar-refractivity contribution is 9.09. The minimum Gasteiger partial charge on any atom is -0.207 e. The van der Waals surface area contributed by atoms with Crippen molar-refractivity contribution in [2.75, 3.05) is 0 Å². The van der Waals surface area contributed by atoms with Gasteiger partial charge in [0.25, 0.3) is 0 Å². The summed E-state index contributed by atoms with van der Waals surface area (Å²) in [6.07, 6.45) is 2.10. The summed E-state index contributed by atoms with van der Waals surface area (Å²) in [6.45, 7) is 6.65. The second kappa shape index (κ2) is 5.11. The molecule has 0 N–H and O–H groups in total. The average molecular weight is 273 g/mol. The lowest BCUT2D eigenvalue weighted by molar-refractivity contribution is 0.335. The maximum atomic E-state index is 12.7. The Hall–Kier alpha value is -0.370. The van der Waals surface area contributed by atoms with Gasteiger partial charge in [-0.05, 0) is 36.0 Å². The molecule has 0 amide bonds. The van der Waals surface area contributed by atoms with Gasteiger partial charge >= 0.3 is 0 Å². The van der Waals surface area contributed by atoms with Crippen LogP contribution in [-0.2, 0) is 6.42 Å². The van der Waals surface area contributed by atoms with Crippen molar-refractivity contribution in [2.24, 2.45) is 5.41 Å². The maximum absolute atomic E-state index is 12.7. The van der Waals surface area contributed by atoms with E-state index in [4.69, 9.17) is 0 Å². The largest absolute Gasteiger partial charge is 0.207 e. The van der Waals surface area contributed by atoms with Crippen LogP contribution in [0.1, 0.15) is 32.8 Å². The maximum Gasteiger partial charge on any atom is 0.123 e. The van der Waals surface area contributed by atoms with Crippen LogP contribution in [0.2, 0.25) is 0 Å². The fourth-order valence-corrected chi connectivity index (χ4v) is 2.86. The van der Waals surface area contributed by atoms with Crippen molar-refractivity contribution < 1.29 is 4.39 Å². The van der Waals surface area contributed by atoms with Gasteiger partial charge in [-0.15, -0.1) is 0 Å². The first kappa shape index (κ1) is 12.7. The molecule has 0 heterocycles. The van der Waals surface area contributed by atoms with E-state index in [0.29, 0.717) is 4.83 Å². The smallest absolute Gasteiger partial charge is 0.123 e. The van der Waals surface area contributed by atoms with Crippen molar-refractivity contribution in [3.05, 3.63) is 35.6 Å². The Morgan fingerprint density at radius 3 is 2.27 bits per heavy atom. The lowest BCUT2D eigenvalue weighted by atomic mass is 9.82. The van der Waals surface area contributed by atoms with E-state index in [1.54, 1.807) is 0 Å². The van der Waals surface area contributed by atoms with Crippen LogP contribution >= 0.6 is 15.9 Å². The lowest BCUT2D eigenvalue weighted by Gasteiger charge is -2.26. The molecule has 0 radical (unpaired) electrons.